The standard InChI is InChI=1S/C12H11N3O4S/c1-2-8-10(20-15-14-8)11(17)13-6-3-4-7(12(18)19)9(16)5-6/h3-5,16H,2H2,1H3,(H,13,17)(H,18,19). The Kier molecular flexibility index (Phi) is 3.94. The van der Waals surface area contributed by atoms with Crippen LogP contribution in [0.2, 0.25) is 0 Å². The number of aromatic carboxylic acids is 1. The molecule has 0 unspecified atom stereocenters. The minimum atomic E-state index is -1.24. The van der Waals surface area contributed by atoms with Crippen molar-refractivity contribution in [3.8, 4) is 5.75 Å². The van der Waals surface area contributed by atoms with E-state index in [4.69, 9.17) is 5.11 Å². The SMILES string of the molecule is CCc1nnsc1C(=O)Nc1ccc(C(=O)O)c(O)c1. The number of carbonyl (C=O) groups excluding carboxylic acids is 1. The van der Waals surface area contributed by atoms with Crippen molar-refractivity contribution in [2.24, 2.45) is 0 Å². The van der Waals surface area contributed by atoms with Crippen molar-refractivity contribution in [2.75, 3.05) is 5.32 Å². The van der Waals surface area contributed by atoms with Gasteiger partial charge >= 0.3 is 5.97 Å². The van der Waals surface area contributed by atoms with Crippen molar-refractivity contribution in [2.45, 2.75) is 13.3 Å². The lowest BCUT2D eigenvalue weighted by Gasteiger charge is -2.06. The minimum Gasteiger partial charge on any atom is -0.507 e. The average Bonchev–Trinajstić information content (AvgIpc) is 2.86. The Labute approximate surface area is 118 Å². The molecule has 0 atom stereocenters. The molecular formula is C12H11N3O4S. The van der Waals surface area contributed by atoms with E-state index in [1.54, 1.807) is 0 Å². The van der Waals surface area contributed by atoms with Gasteiger partial charge in [0.2, 0.25) is 0 Å². The van der Waals surface area contributed by atoms with Crippen LogP contribution < -0.4 is 5.32 Å². The molecule has 104 valence electrons. The quantitative estimate of drug-likeness (QED) is 0.791. The molecule has 1 amide bonds. The van der Waals surface area contributed by atoms with Crippen LogP contribution in [-0.2, 0) is 6.42 Å². The third kappa shape index (κ3) is 2.75. The molecule has 2 rings (SSSR count). The van der Waals surface area contributed by atoms with Gasteiger partial charge < -0.3 is 15.5 Å². The van der Waals surface area contributed by atoms with Crippen LogP contribution in [0.1, 0.15) is 32.6 Å². The Morgan fingerprint density at radius 1 is 1.40 bits per heavy atom. The van der Waals surface area contributed by atoms with E-state index in [0.717, 1.165) is 11.5 Å². The number of anilines is 1. The second-order valence-corrected chi connectivity index (χ2v) is 4.65. The number of carboxylic acids is 1. The van der Waals surface area contributed by atoms with E-state index >= 15 is 0 Å². The van der Waals surface area contributed by atoms with Gasteiger partial charge in [0, 0.05) is 11.8 Å². The molecule has 1 aromatic heterocycles. The van der Waals surface area contributed by atoms with Crippen molar-refractivity contribution in [1.82, 2.24) is 9.59 Å². The first-order valence-electron chi connectivity index (χ1n) is 5.71. The summed E-state index contributed by atoms with van der Waals surface area (Å²) in [5, 5.41) is 24.7. The largest absolute Gasteiger partial charge is 0.507 e. The predicted molar refractivity (Wildman–Crippen MR) is 72.3 cm³/mol. The molecule has 2 aromatic rings. The number of benzene rings is 1. The second kappa shape index (κ2) is 5.66. The summed E-state index contributed by atoms with van der Waals surface area (Å²) in [5.74, 6) is -2.03. The number of aromatic nitrogens is 2. The number of hydrogen-bond acceptors (Lipinski definition) is 6. The molecule has 0 spiro atoms. The normalized spacial score (nSPS) is 10.2. The minimum absolute atomic E-state index is 0.225. The fraction of sp³-hybridized carbons (Fsp3) is 0.167. The van der Waals surface area contributed by atoms with Gasteiger partial charge in [-0.2, -0.15) is 0 Å². The Hall–Kier alpha value is -2.48. The zero-order chi connectivity index (χ0) is 14.7. The van der Waals surface area contributed by atoms with Gasteiger partial charge in [-0.05, 0) is 30.1 Å². The summed E-state index contributed by atoms with van der Waals surface area (Å²) in [6, 6.07) is 3.81. The summed E-state index contributed by atoms with van der Waals surface area (Å²) in [5.41, 5.74) is 0.670. The third-order valence-corrected chi connectivity index (χ3v) is 3.35. The van der Waals surface area contributed by atoms with Gasteiger partial charge in [0.25, 0.3) is 5.91 Å². The second-order valence-electron chi connectivity index (χ2n) is 3.89. The van der Waals surface area contributed by atoms with Gasteiger partial charge in [-0.3, -0.25) is 4.79 Å². The highest BCUT2D eigenvalue weighted by molar-refractivity contribution is 7.08. The number of amides is 1. The highest BCUT2D eigenvalue weighted by Crippen LogP contribution is 2.23. The monoisotopic (exact) mass is 293 g/mol. The number of nitrogens with zero attached hydrogens (tertiary/aromatic N) is 2. The molecule has 0 fully saturated rings. The number of rotatable bonds is 4. The topological polar surface area (TPSA) is 112 Å². The van der Waals surface area contributed by atoms with Gasteiger partial charge in [0.1, 0.15) is 16.2 Å². The van der Waals surface area contributed by atoms with Crippen LogP contribution >= 0.6 is 11.5 Å². The van der Waals surface area contributed by atoms with Gasteiger partial charge in [-0.15, -0.1) is 5.10 Å². The molecular weight excluding hydrogens is 282 g/mol. The van der Waals surface area contributed by atoms with E-state index in [1.807, 2.05) is 6.92 Å². The summed E-state index contributed by atoms with van der Waals surface area (Å²) < 4.78 is 3.71. The van der Waals surface area contributed by atoms with Gasteiger partial charge in [0.05, 0.1) is 5.69 Å². The summed E-state index contributed by atoms with van der Waals surface area (Å²) >= 11 is 0.984. The fourth-order valence-corrected chi connectivity index (χ4v) is 2.24. The van der Waals surface area contributed by atoms with Gasteiger partial charge in [0.15, 0.2) is 0 Å². The van der Waals surface area contributed by atoms with E-state index in [-0.39, 0.29) is 11.5 Å². The number of hydrogen-bond donors (Lipinski definition) is 3. The average molecular weight is 293 g/mol. The molecule has 1 heterocycles. The number of carbonyl (C=O) groups is 2. The lowest BCUT2D eigenvalue weighted by atomic mass is 10.2. The van der Waals surface area contributed by atoms with Crippen molar-refractivity contribution >= 4 is 29.1 Å². The number of aromatic hydroxyl groups is 1. The maximum Gasteiger partial charge on any atom is 0.339 e. The fourth-order valence-electron chi connectivity index (χ4n) is 1.59. The van der Waals surface area contributed by atoms with E-state index in [1.165, 1.54) is 18.2 Å². The third-order valence-electron chi connectivity index (χ3n) is 2.58. The highest BCUT2D eigenvalue weighted by atomic mass is 32.1. The summed E-state index contributed by atoms with van der Waals surface area (Å²) in [6.45, 7) is 1.86. The molecule has 3 N–H and O–H groups in total. The van der Waals surface area contributed by atoms with Crippen LogP contribution in [0, 0.1) is 0 Å². The molecule has 0 aliphatic rings. The van der Waals surface area contributed by atoms with Crippen LogP contribution in [0.15, 0.2) is 18.2 Å². The highest BCUT2D eigenvalue weighted by Gasteiger charge is 2.16. The maximum absolute atomic E-state index is 12.0. The molecule has 0 saturated heterocycles. The number of carboxylic acid groups (broad SMARTS) is 1. The maximum atomic E-state index is 12.0. The summed E-state index contributed by atoms with van der Waals surface area (Å²) in [7, 11) is 0. The van der Waals surface area contributed by atoms with Gasteiger partial charge in [-0.1, -0.05) is 11.4 Å². The van der Waals surface area contributed by atoms with Crippen LogP contribution in [0.25, 0.3) is 0 Å². The van der Waals surface area contributed by atoms with Crippen LogP contribution in [0.5, 0.6) is 5.75 Å². The molecule has 20 heavy (non-hydrogen) atoms. The van der Waals surface area contributed by atoms with E-state index in [2.05, 4.69) is 14.9 Å². The van der Waals surface area contributed by atoms with Crippen molar-refractivity contribution in [1.29, 1.82) is 0 Å². The molecule has 0 aliphatic heterocycles. The number of aryl methyl sites for hydroxylation is 1. The molecule has 0 bridgehead atoms. The van der Waals surface area contributed by atoms with Crippen molar-refractivity contribution < 1.29 is 19.8 Å². The first-order chi connectivity index (χ1) is 9.52. The van der Waals surface area contributed by atoms with Crippen LogP contribution in [0.4, 0.5) is 5.69 Å². The molecule has 0 aliphatic carbocycles. The molecule has 1 aromatic carbocycles. The summed E-state index contributed by atoms with van der Waals surface area (Å²) in [4.78, 5) is 23.2. The number of nitrogens with one attached hydrogen (secondary N) is 1. The molecule has 0 saturated carbocycles. The molecule has 7 nitrogen and oxygen atoms in total. The van der Waals surface area contributed by atoms with Crippen LogP contribution in [-0.4, -0.2) is 31.7 Å². The van der Waals surface area contributed by atoms with Crippen molar-refractivity contribution in [3.05, 3.63) is 34.3 Å². The molecule has 8 heteroatoms. The first-order valence-corrected chi connectivity index (χ1v) is 6.49. The van der Waals surface area contributed by atoms with E-state index in [9.17, 15) is 14.7 Å². The Balaban J connectivity index is 2.20. The number of phenols is 1. The predicted octanol–water partition coefficient (Wildman–Crippen LogP) is 1.76. The summed E-state index contributed by atoms with van der Waals surface area (Å²) in [6.07, 6.45) is 0.586. The van der Waals surface area contributed by atoms with Crippen LogP contribution in [0.3, 0.4) is 0 Å². The van der Waals surface area contributed by atoms with E-state index in [0.29, 0.717) is 22.7 Å². The first kappa shape index (κ1) is 13.9. The van der Waals surface area contributed by atoms with Gasteiger partial charge in [-0.25, -0.2) is 4.79 Å². The Morgan fingerprint density at radius 2 is 2.15 bits per heavy atom. The van der Waals surface area contributed by atoms with E-state index < -0.39 is 11.7 Å². The Bertz CT molecular complexity index is 668. The zero-order valence-corrected chi connectivity index (χ0v) is 11.3. The smallest absolute Gasteiger partial charge is 0.339 e. The lowest BCUT2D eigenvalue weighted by Crippen LogP contribution is -2.12. The lowest BCUT2D eigenvalue weighted by molar-refractivity contribution is 0.0693. The Morgan fingerprint density at radius 3 is 2.75 bits per heavy atom. The molecule has 0 radical (unpaired) electrons. The zero-order valence-electron chi connectivity index (χ0n) is 10.5. The van der Waals surface area contributed by atoms with Crippen molar-refractivity contribution in [3.63, 3.8) is 0 Å².